The van der Waals surface area contributed by atoms with E-state index in [1.165, 1.54) is 6.07 Å². The maximum absolute atomic E-state index is 11.1. The Hall–Kier alpha value is -2.34. The summed E-state index contributed by atoms with van der Waals surface area (Å²) in [5.41, 5.74) is 1.13. The minimum absolute atomic E-state index is 0.0544. The second kappa shape index (κ2) is 6.19. The number of hydrogen-bond acceptors (Lipinski definition) is 5. The van der Waals surface area contributed by atoms with Crippen molar-refractivity contribution in [3.63, 3.8) is 0 Å². The van der Waals surface area contributed by atoms with Crippen LogP contribution >= 0.6 is 11.6 Å². The molecule has 1 aliphatic rings. The Balaban J connectivity index is 1.73. The van der Waals surface area contributed by atoms with Gasteiger partial charge in [0, 0.05) is 49.2 Å². The number of halogens is 1. The topological polar surface area (TPSA) is 62.5 Å². The molecule has 0 bridgehead atoms. The van der Waals surface area contributed by atoms with Gasteiger partial charge in [0.2, 0.25) is 5.82 Å². The Morgan fingerprint density at radius 2 is 1.82 bits per heavy atom. The molecule has 2 heterocycles. The van der Waals surface area contributed by atoms with Crippen LogP contribution in [0.1, 0.15) is 0 Å². The zero-order valence-electron chi connectivity index (χ0n) is 11.9. The van der Waals surface area contributed by atoms with Crippen LogP contribution in [0.4, 0.5) is 17.2 Å². The van der Waals surface area contributed by atoms with Gasteiger partial charge in [-0.3, -0.25) is 10.1 Å². The largest absolute Gasteiger partial charge is 0.368 e. The second-order valence-electron chi connectivity index (χ2n) is 5.06. The SMILES string of the molecule is O=[N+]([O-])c1cccnc1N1CCN(c2cccc(Cl)c2)CC1. The van der Waals surface area contributed by atoms with Crippen LogP contribution in [-0.4, -0.2) is 36.1 Å². The van der Waals surface area contributed by atoms with E-state index in [2.05, 4.69) is 9.88 Å². The zero-order chi connectivity index (χ0) is 15.5. The van der Waals surface area contributed by atoms with E-state index in [0.717, 1.165) is 18.8 Å². The lowest BCUT2D eigenvalue weighted by molar-refractivity contribution is -0.384. The molecule has 7 heteroatoms. The second-order valence-corrected chi connectivity index (χ2v) is 5.49. The molecule has 1 saturated heterocycles. The molecule has 0 spiro atoms. The van der Waals surface area contributed by atoms with E-state index in [9.17, 15) is 10.1 Å². The van der Waals surface area contributed by atoms with Gasteiger partial charge in [-0.25, -0.2) is 4.98 Å². The third-order valence-corrected chi connectivity index (χ3v) is 3.95. The molecular weight excluding hydrogens is 304 g/mol. The first-order valence-corrected chi connectivity index (χ1v) is 7.38. The highest BCUT2D eigenvalue weighted by molar-refractivity contribution is 6.30. The Morgan fingerprint density at radius 1 is 1.09 bits per heavy atom. The first-order valence-electron chi connectivity index (χ1n) is 7.00. The van der Waals surface area contributed by atoms with Crippen LogP contribution in [-0.2, 0) is 0 Å². The number of aromatic nitrogens is 1. The summed E-state index contributed by atoms with van der Waals surface area (Å²) in [5, 5.41) is 11.8. The van der Waals surface area contributed by atoms with Gasteiger partial charge in [0.05, 0.1) is 4.92 Å². The molecule has 0 aliphatic carbocycles. The van der Waals surface area contributed by atoms with E-state index in [1.54, 1.807) is 12.3 Å². The Labute approximate surface area is 133 Å². The summed E-state index contributed by atoms with van der Waals surface area (Å²) >= 11 is 6.02. The van der Waals surface area contributed by atoms with Crippen LogP contribution in [0.2, 0.25) is 5.02 Å². The Morgan fingerprint density at radius 3 is 2.50 bits per heavy atom. The number of hydrogen-bond donors (Lipinski definition) is 0. The van der Waals surface area contributed by atoms with E-state index >= 15 is 0 Å². The lowest BCUT2D eigenvalue weighted by atomic mass is 10.2. The number of pyridine rings is 1. The first kappa shape index (κ1) is 14.6. The molecule has 1 aliphatic heterocycles. The number of anilines is 2. The van der Waals surface area contributed by atoms with E-state index in [4.69, 9.17) is 11.6 Å². The van der Waals surface area contributed by atoms with Gasteiger partial charge in [0.25, 0.3) is 0 Å². The third-order valence-electron chi connectivity index (χ3n) is 3.72. The summed E-state index contributed by atoms with van der Waals surface area (Å²) in [6.45, 7) is 2.91. The lowest BCUT2D eigenvalue weighted by Crippen LogP contribution is -2.47. The molecule has 1 aromatic heterocycles. The van der Waals surface area contributed by atoms with E-state index in [-0.39, 0.29) is 10.6 Å². The molecule has 0 unspecified atom stereocenters. The maximum atomic E-state index is 11.1. The van der Waals surface area contributed by atoms with E-state index < -0.39 is 0 Å². The van der Waals surface area contributed by atoms with Gasteiger partial charge >= 0.3 is 5.69 Å². The lowest BCUT2D eigenvalue weighted by Gasteiger charge is -2.36. The van der Waals surface area contributed by atoms with Gasteiger partial charge in [-0.2, -0.15) is 0 Å². The van der Waals surface area contributed by atoms with Crippen LogP contribution in [0.15, 0.2) is 42.6 Å². The standard InChI is InChI=1S/C15H15ClN4O2/c16-12-3-1-4-13(11-12)18-7-9-19(10-8-18)15-14(20(21)22)5-2-6-17-15/h1-6,11H,7-10H2. The number of benzene rings is 1. The summed E-state index contributed by atoms with van der Waals surface area (Å²) in [6, 6.07) is 10.8. The van der Waals surface area contributed by atoms with Gasteiger partial charge in [0.1, 0.15) is 0 Å². The number of nitro groups is 1. The fraction of sp³-hybridized carbons (Fsp3) is 0.267. The van der Waals surface area contributed by atoms with Crippen molar-refractivity contribution < 1.29 is 4.92 Å². The van der Waals surface area contributed by atoms with Crippen LogP contribution in [0.3, 0.4) is 0 Å². The van der Waals surface area contributed by atoms with Crippen molar-refractivity contribution >= 4 is 28.8 Å². The first-order chi connectivity index (χ1) is 10.6. The summed E-state index contributed by atoms with van der Waals surface area (Å²) < 4.78 is 0. The molecule has 6 nitrogen and oxygen atoms in total. The van der Waals surface area contributed by atoms with Crippen LogP contribution in [0, 0.1) is 10.1 Å². The number of piperazine rings is 1. The van der Waals surface area contributed by atoms with Gasteiger partial charge < -0.3 is 9.80 Å². The minimum Gasteiger partial charge on any atom is -0.368 e. The highest BCUT2D eigenvalue weighted by Crippen LogP contribution is 2.27. The van der Waals surface area contributed by atoms with Crippen molar-refractivity contribution in [2.45, 2.75) is 0 Å². The fourth-order valence-electron chi connectivity index (χ4n) is 2.62. The third kappa shape index (κ3) is 2.96. The van der Waals surface area contributed by atoms with E-state index in [0.29, 0.717) is 23.9 Å². The van der Waals surface area contributed by atoms with Gasteiger partial charge in [-0.15, -0.1) is 0 Å². The van der Waals surface area contributed by atoms with Crippen LogP contribution < -0.4 is 9.80 Å². The summed E-state index contributed by atoms with van der Waals surface area (Å²) in [5.74, 6) is 0.443. The van der Waals surface area contributed by atoms with Crippen molar-refractivity contribution in [3.05, 3.63) is 57.7 Å². The Bertz CT molecular complexity index is 687. The molecule has 3 rings (SSSR count). The van der Waals surface area contributed by atoms with E-state index in [1.807, 2.05) is 29.2 Å². The maximum Gasteiger partial charge on any atom is 0.311 e. The highest BCUT2D eigenvalue weighted by atomic mass is 35.5. The highest BCUT2D eigenvalue weighted by Gasteiger charge is 2.24. The predicted molar refractivity (Wildman–Crippen MR) is 86.8 cm³/mol. The smallest absolute Gasteiger partial charge is 0.311 e. The number of rotatable bonds is 3. The molecule has 0 radical (unpaired) electrons. The average Bonchev–Trinajstić information content (AvgIpc) is 2.55. The monoisotopic (exact) mass is 318 g/mol. The van der Waals surface area contributed by atoms with Gasteiger partial charge in [-0.05, 0) is 24.3 Å². The average molecular weight is 319 g/mol. The summed E-state index contributed by atoms with van der Waals surface area (Å²) in [6.07, 6.45) is 1.59. The molecule has 2 aromatic rings. The van der Waals surface area contributed by atoms with Gasteiger partial charge in [0.15, 0.2) is 0 Å². The molecule has 22 heavy (non-hydrogen) atoms. The van der Waals surface area contributed by atoms with Crippen LogP contribution in [0.5, 0.6) is 0 Å². The zero-order valence-corrected chi connectivity index (χ0v) is 12.6. The Kier molecular flexibility index (Phi) is 4.11. The summed E-state index contributed by atoms with van der Waals surface area (Å²) in [7, 11) is 0. The normalized spacial score (nSPS) is 15.0. The summed E-state index contributed by atoms with van der Waals surface area (Å²) in [4.78, 5) is 19.1. The molecule has 114 valence electrons. The van der Waals surface area contributed by atoms with Crippen molar-refractivity contribution in [1.82, 2.24) is 4.98 Å². The van der Waals surface area contributed by atoms with Gasteiger partial charge in [-0.1, -0.05) is 17.7 Å². The molecule has 0 saturated carbocycles. The molecule has 0 amide bonds. The minimum atomic E-state index is -0.383. The molecule has 0 atom stereocenters. The quantitative estimate of drug-likeness (QED) is 0.643. The van der Waals surface area contributed by atoms with Crippen molar-refractivity contribution in [1.29, 1.82) is 0 Å². The molecule has 1 fully saturated rings. The van der Waals surface area contributed by atoms with Crippen LogP contribution in [0.25, 0.3) is 0 Å². The fourth-order valence-corrected chi connectivity index (χ4v) is 2.81. The molecule has 1 aromatic carbocycles. The predicted octanol–water partition coefficient (Wildman–Crippen LogP) is 2.97. The molecule has 0 N–H and O–H groups in total. The number of nitrogens with zero attached hydrogens (tertiary/aromatic N) is 4. The van der Waals surface area contributed by atoms with Crippen molar-refractivity contribution in [2.24, 2.45) is 0 Å². The molecular formula is C15H15ClN4O2. The van der Waals surface area contributed by atoms with Crippen molar-refractivity contribution in [3.8, 4) is 0 Å². The van der Waals surface area contributed by atoms with Crippen molar-refractivity contribution in [2.75, 3.05) is 36.0 Å².